The zero-order valence-corrected chi connectivity index (χ0v) is 12.6. The average Bonchev–Trinajstić information content (AvgIpc) is 2.74. The summed E-state index contributed by atoms with van der Waals surface area (Å²) in [5.74, 6) is -0.146. The van der Waals surface area contributed by atoms with Gasteiger partial charge in [0, 0.05) is 6.54 Å². The number of para-hydroxylation sites is 1. The molecule has 1 heterocycles. The van der Waals surface area contributed by atoms with E-state index in [2.05, 4.69) is 10.4 Å². The number of aliphatic hydroxyl groups excluding tert-OH is 1. The minimum Gasteiger partial charge on any atom is -0.393 e. The van der Waals surface area contributed by atoms with Crippen LogP contribution < -0.4 is 5.32 Å². The summed E-state index contributed by atoms with van der Waals surface area (Å²) in [4.78, 5) is 12.3. The summed E-state index contributed by atoms with van der Waals surface area (Å²) in [6.45, 7) is 5.87. The molecule has 0 saturated carbocycles. The lowest BCUT2D eigenvalue weighted by Gasteiger charge is -2.08. The SMILES string of the molecule is Cc1nn(-c2ccccc2)c(C)c1C(=O)NCCC(C)O. The summed E-state index contributed by atoms with van der Waals surface area (Å²) in [6, 6.07) is 9.73. The number of carbonyl (C=O) groups excluding carboxylic acids is 1. The topological polar surface area (TPSA) is 67.2 Å². The van der Waals surface area contributed by atoms with Crippen molar-refractivity contribution in [3.63, 3.8) is 0 Å². The minimum atomic E-state index is -0.417. The lowest BCUT2D eigenvalue weighted by atomic mass is 10.1. The molecule has 0 aliphatic carbocycles. The van der Waals surface area contributed by atoms with Gasteiger partial charge in [0.2, 0.25) is 0 Å². The zero-order valence-electron chi connectivity index (χ0n) is 12.6. The van der Waals surface area contributed by atoms with Gasteiger partial charge in [-0.25, -0.2) is 4.68 Å². The lowest BCUT2D eigenvalue weighted by molar-refractivity contribution is 0.0944. The van der Waals surface area contributed by atoms with E-state index in [4.69, 9.17) is 0 Å². The Bertz CT molecular complexity index is 618. The highest BCUT2D eigenvalue weighted by Gasteiger charge is 2.19. The molecule has 0 aliphatic rings. The first-order chi connectivity index (χ1) is 10.0. The van der Waals surface area contributed by atoms with E-state index in [-0.39, 0.29) is 5.91 Å². The molecule has 1 atom stereocenters. The van der Waals surface area contributed by atoms with Gasteiger partial charge in [0.1, 0.15) is 0 Å². The van der Waals surface area contributed by atoms with Crippen LogP contribution in [0.5, 0.6) is 0 Å². The summed E-state index contributed by atoms with van der Waals surface area (Å²) >= 11 is 0. The normalized spacial score (nSPS) is 12.2. The highest BCUT2D eigenvalue weighted by Crippen LogP contribution is 2.17. The third-order valence-corrected chi connectivity index (χ3v) is 3.37. The summed E-state index contributed by atoms with van der Waals surface area (Å²) in [5.41, 5.74) is 3.05. The molecule has 21 heavy (non-hydrogen) atoms. The molecule has 1 unspecified atom stereocenters. The number of nitrogens with zero attached hydrogens (tertiary/aromatic N) is 2. The largest absolute Gasteiger partial charge is 0.393 e. The van der Waals surface area contributed by atoms with Gasteiger partial charge in [0.05, 0.1) is 28.7 Å². The van der Waals surface area contributed by atoms with Gasteiger partial charge in [-0.05, 0) is 39.3 Å². The van der Waals surface area contributed by atoms with Crippen molar-refractivity contribution in [2.75, 3.05) is 6.54 Å². The first kappa shape index (κ1) is 15.3. The van der Waals surface area contributed by atoms with E-state index in [1.165, 1.54) is 0 Å². The molecule has 0 bridgehead atoms. The highest BCUT2D eigenvalue weighted by atomic mass is 16.3. The van der Waals surface area contributed by atoms with Crippen LogP contribution in [-0.2, 0) is 0 Å². The Hall–Kier alpha value is -2.14. The molecule has 0 radical (unpaired) electrons. The Morgan fingerprint density at radius 2 is 2.00 bits per heavy atom. The maximum atomic E-state index is 12.3. The van der Waals surface area contributed by atoms with Crippen LogP contribution in [0.2, 0.25) is 0 Å². The van der Waals surface area contributed by atoms with Crippen molar-refractivity contribution in [1.29, 1.82) is 0 Å². The van der Waals surface area contributed by atoms with Crippen molar-refractivity contribution < 1.29 is 9.90 Å². The molecule has 5 nitrogen and oxygen atoms in total. The van der Waals surface area contributed by atoms with E-state index in [0.29, 0.717) is 24.2 Å². The molecule has 0 fully saturated rings. The standard InChI is InChI=1S/C16H21N3O2/c1-11(20)9-10-17-16(21)15-12(2)18-19(13(15)3)14-7-5-4-6-8-14/h4-8,11,20H,9-10H2,1-3H3,(H,17,21). The number of carbonyl (C=O) groups is 1. The molecule has 2 aromatic rings. The third-order valence-electron chi connectivity index (χ3n) is 3.37. The Morgan fingerprint density at radius 3 is 2.62 bits per heavy atom. The Kier molecular flexibility index (Phi) is 4.75. The van der Waals surface area contributed by atoms with Crippen LogP contribution in [0, 0.1) is 13.8 Å². The number of hydrogen-bond donors (Lipinski definition) is 2. The molecule has 5 heteroatoms. The van der Waals surface area contributed by atoms with Gasteiger partial charge in [0.25, 0.3) is 5.91 Å². The van der Waals surface area contributed by atoms with E-state index < -0.39 is 6.10 Å². The Morgan fingerprint density at radius 1 is 1.33 bits per heavy atom. The summed E-state index contributed by atoms with van der Waals surface area (Å²) in [5, 5.41) is 16.5. The van der Waals surface area contributed by atoms with Crippen LogP contribution in [0.3, 0.4) is 0 Å². The predicted octanol–water partition coefficient (Wildman–Crippen LogP) is 1.99. The number of nitrogens with one attached hydrogen (secondary N) is 1. The maximum absolute atomic E-state index is 12.3. The number of rotatable bonds is 5. The molecular formula is C16H21N3O2. The van der Waals surface area contributed by atoms with E-state index in [1.54, 1.807) is 11.6 Å². The van der Waals surface area contributed by atoms with Crippen molar-refractivity contribution in [3.8, 4) is 5.69 Å². The van der Waals surface area contributed by atoms with E-state index in [0.717, 1.165) is 11.4 Å². The quantitative estimate of drug-likeness (QED) is 0.883. The summed E-state index contributed by atoms with van der Waals surface area (Å²) < 4.78 is 1.78. The van der Waals surface area contributed by atoms with Crippen LogP contribution in [0.1, 0.15) is 35.1 Å². The Balaban J connectivity index is 2.22. The molecule has 2 N–H and O–H groups in total. The molecule has 0 spiro atoms. The molecular weight excluding hydrogens is 266 g/mol. The maximum Gasteiger partial charge on any atom is 0.255 e. The number of aryl methyl sites for hydroxylation is 1. The van der Waals surface area contributed by atoms with Gasteiger partial charge in [0.15, 0.2) is 0 Å². The smallest absolute Gasteiger partial charge is 0.255 e. The van der Waals surface area contributed by atoms with Gasteiger partial charge in [-0.2, -0.15) is 5.10 Å². The second-order valence-electron chi connectivity index (χ2n) is 5.19. The number of benzene rings is 1. The number of aromatic nitrogens is 2. The predicted molar refractivity (Wildman–Crippen MR) is 81.7 cm³/mol. The van der Waals surface area contributed by atoms with Crippen LogP contribution >= 0.6 is 0 Å². The van der Waals surface area contributed by atoms with E-state index in [1.807, 2.05) is 44.2 Å². The van der Waals surface area contributed by atoms with Crippen LogP contribution in [-0.4, -0.2) is 33.4 Å². The highest BCUT2D eigenvalue weighted by molar-refractivity contribution is 5.96. The van der Waals surface area contributed by atoms with Gasteiger partial charge in [-0.3, -0.25) is 4.79 Å². The molecule has 0 saturated heterocycles. The Labute approximate surface area is 124 Å². The van der Waals surface area contributed by atoms with Crippen LogP contribution in [0.25, 0.3) is 5.69 Å². The lowest BCUT2D eigenvalue weighted by Crippen LogP contribution is -2.27. The minimum absolute atomic E-state index is 0.146. The fourth-order valence-electron chi connectivity index (χ4n) is 2.27. The fraction of sp³-hybridized carbons (Fsp3) is 0.375. The fourth-order valence-corrected chi connectivity index (χ4v) is 2.27. The summed E-state index contributed by atoms with van der Waals surface area (Å²) in [7, 11) is 0. The number of aliphatic hydroxyl groups is 1. The molecule has 2 rings (SSSR count). The molecule has 1 amide bonds. The van der Waals surface area contributed by atoms with Gasteiger partial charge >= 0.3 is 0 Å². The molecule has 112 valence electrons. The second-order valence-corrected chi connectivity index (χ2v) is 5.19. The van der Waals surface area contributed by atoms with Crippen molar-refractivity contribution in [3.05, 3.63) is 47.3 Å². The van der Waals surface area contributed by atoms with Crippen molar-refractivity contribution in [2.45, 2.75) is 33.3 Å². The zero-order chi connectivity index (χ0) is 15.4. The first-order valence-electron chi connectivity index (χ1n) is 7.08. The van der Waals surface area contributed by atoms with Gasteiger partial charge in [-0.15, -0.1) is 0 Å². The molecule has 1 aromatic carbocycles. The van der Waals surface area contributed by atoms with Crippen LogP contribution in [0.15, 0.2) is 30.3 Å². The van der Waals surface area contributed by atoms with Crippen molar-refractivity contribution in [2.24, 2.45) is 0 Å². The summed E-state index contributed by atoms with van der Waals surface area (Å²) in [6.07, 6.45) is 0.121. The second kappa shape index (κ2) is 6.54. The molecule has 1 aromatic heterocycles. The number of hydrogen-bond acceptors (Lipinski definition) is 3. The molecule has 0 aliphatic heterocycles. The monoisotopic (exact) mass is 287 g/mol. The first-order valence-corrected chi connectivity index (χ1v) is 7.08. The van der Waals surface area contributed by atoms with Gasteiger partial charge in [-0.1, -0.05) is 18.2 Å². The number of amides is 1. The van der Waals surface area contributed by atoms with E-state index >= 15 is 0 Å². The van der Waals surface area contributed by atoms with Gasteiger partial charge < -0.3 is 10.4 Å². The third kappa shape index (κ3) is 3.49. The van der Waals surface area contributed by atoms with Crippen molar-refractivity contribution in [1.82, 2.24) is 15.1 Å². The average molecular weight is 287 g/mol. The van der Waals surface area contributed by atoms with Crippen molar-refractivity contribution >= 4 is 5.91 Å². The van der Waals surface area contributed by atoms with E-state index in [9.17, 15) is 9.90 Å². The van der Waals surface area contributed by atoms with Crippen LogP contribution in [0.4, 0.5) is 0 Å².